The first kappa shape index (κ1) is 14.9. The normalized spacial score (nSPS) is 22.8. The molecule has 2 aliphatic rings. The SMILES string of the molecule is O=C(NC[C@H]1COC2(CCCC2)O1)c1ccc([N+](=O)[O-])cc1. The van der Waals surface area contributed by atoms with E-state index in [0.29, 0.717) is 18.7 Å². The summed E-state index contributed by atoms with van der Waals surface area (Å²) in [6, 6.07) is 5.52. The van der Waals surface area contributed by atoms with Gasteiger partial charge in [0.1, 0.15) is 6.10 Å². The predicted octanol–water partition coefficient (Wildman–Crippen LogP) is 2.01. The van der Waals surface area contributed by atoms with Crippen molar-refractivity contribution < 1.29 is 19.2 Å². The number of ether oxygens (including phenoxy) is 2. The first-order chi connectivity index (χ1) is 10.6. The molecule has 1 aromatic rings. The highest BCUT2D eigenvalue weighted by Crippen LogP contribution is 2.38. The van der Waals surface area contributed by atoms with E-state index in [9.17, 15) is 14.9 Å². The van der Waals surface area contributed by atoms with Crippen molar-refractivity contribution in [3.8, 4) is 0 Å². The minimum Gasteiger partial charge on any atom is -0.349 e. The van der Waals surface area contributed by atoms with Gasteiger partial charge in [-0.05, 0) is 25.0 Å². The van der Waals surface area contributed by atoms with E-state index in [1.807, 2.05) is 0 Å². The summed E-state index contributed by atoms with van der Waals surface area (Å²) in [6.07, 6.45) is 3.92. The van der Waals surface area contributed by atoms with Crippen molar-refractivity contribution in [3.05, 3.63) is 39.9 Å². The Morgan fingerprint density at radius 2 is 2.00 bits per heavy atom. The Balaban J connectivity index is 1.51. The number of nitro benzene ring substituents is 1. The Morgan fingerprint density at radius 3 is 2.64 bits per heavy atom. The Hall–Kier alpha value is -1.99. The predicted molar refractivity (Wildman–Crippen MR) is 77.5 cm³/mol. The Kier molecular flexibility index (Phi) is 4.08. The number of carbonyl (C=O) groups excluding carboxylic acids is 1. The fraction of sp³-hybridized carbons (Fsp3) is 0.533. The van der Waals surface area contributed by atoms with Crippen molar-refractivity contribution in [3.63, 3.8) is 0 Å². The molecule has 0 unspecified atom stereocenters. The molecule has 1 saturated heterocycles. The number of nitrogens with zero attached hydrogens (tertiary/aromatic N) is 1. The van der Waals surface area contributed by atoms with E-state index in [4.69, 9.17) is 9.47 Å². The zero-order chi connectivity index (χ0) is 15.6. The van der Waals surface area contributed by atoms with Gasteiger partial charge in [-0.1, -0.05) is 0 Å². The summed E-state index contributed by atoms with van der Waals surface area (Å²) in [5.41, 5.74) is 0.354. The molecule has 1 amide bonds. The second-order valence-corrected chi connectivity index (χ2v) is 5.68. The zero-order valence-corrected chi connectivity index (χ0v) is 12.1. The van der Waals surface area contributed by atoms with Crippen molar-refractivity contribution in [1.29, 1.82) is 0 Å². The van der Waals surface area contributed by atoms with E-state index in [2.05, 4.69) is 5.32 Å². The molecule has 1 aliphatic heterocycles. The highest BCUT2D eigenvalue weighted by molar-refractivity contribution is 5.94. The van der Waals surface area contributed by atoms with Crippen LogP contribution in [0.1, 0.15) is 36.0 Å². The molecule has 2 fully saturated rings. The number of rotatable bonds is 4. The van der Waals surface area contributed by atoms with Crippen LogP contribution < -0.4 is 5.32 Å². The van der Waals surface area contributed by atoms with Crippen LogP contribution in [0.3, 0.4) is 0 Å². The monoisotopic (exact) mass is 306 g/mol. The van der Waals surface area contributed by atoms with Crippen LogP contribution in [0.25, 0.3) is 0 Å². The molecule has 1 aliphatic carbocycles. The fourth-order valence-corrected chi connectivity index (χ4v) is 2.94. The van der Waals surface area contributed by atoms with Gasteiger partial charge < -0.3 is 14.8 Å². The van der Waals surface area contributed by atoms with Crippen LogP contribution in [0.2, 0.25) is 0 Å². The molecule has 1 heterocycles. The van der Waals surface area contributed by atoms with Gasteiger partial charge in [-0.3, -0.25) is 14.9 Å². The summed E-state index contributed by atoms with van der Waals surface area (Å²) < 4.78 is 11.7. The van der Waals surface area contributed by atoms with Gasteiger partial charge in [-0.25, -0.2) is 0 Å². The molecular formula is C15H18N2O5. The van der Waals surface area contributed by atoms with E-state index in [1.165, 1.54) is 24.3 Å². The third-order valence-corrected chi connectivity index (χ3v) is 4.11. The molecule has 7 heteroatoms. The maximum atomic E-state index is 12.0. The third-order valence-electron chi connectivity index (χ3n) is 4.11. The minimum absolute atomic E-state index is 0.0350. The number of amides is 1. The quantitative estimate of drug-likeness (QED) is 0.678. The lowest BCUT2D eigenvalue weighted by atomic mass is 10.2. The van der Waals surface area contributed by atoms with Gasteiger partial charge in [-0.15, -0.1) is 0 Å². The van der Waals surface area contributed by atoms with Crippen LogP contribution in [0.5, 0.6) is 0 Å². The van der Waals surface area contributed by atoms with Crippen LogP contribution in [0.4, 0.5) is 5.69 Å². The molecule has 22 heavy (non-hydrogen) atoms. The van der Waals surface area contributed by atoms with Crippen molar-refractivity contribution >= 4 is 11.6 Å². The van der Waals surface area contributed by atoms with Crippen LogP contribution in [-0.4, -0.2) is 35.9 Å². The lowest BCUT2D eigenvalue weighted by Gasteiger charge is -2.21. The van der Waals surface area contributed by atoms with Gasteiger partial charge >= 0.3 is 0 Å². The highest BCUT2D eigenvalue weighted by atomic mass is 16.7. The molecule has 1 saturated carbocycles. The average Bonchev–Trinajstić information content (AvgIpc) is 3.15. The number of nitrogens with one attached hydrogen (secondary N) is 1. The first-order valence-corrected chi connectivity index (χ1v) is 7.42. The highest BCUT2D eigenvalue weighted by Gasteiger charge is 2.43. The summed E-state index contributed by atoms with van der Waals surface area (Å²) in [5.74, 6) is -0.700. The topological polar surface area (TPSA) is 90.7 Å². The summed E-state index contributed by atoms with van der Waals surface area (Å²) in [5, 5.41) is 13.4. The molecule has 1 atom stereocenters. The van der Waals surface area contributed by atoms with Gasteiger partial charge in [0.15, 0.2) is 5.79 Å². The first-order valence-electron chi connectivity index (χ1n) is 7.42. The maximum Gasteiger partial charge on any atom is 0.269 e. The zero-order valence-electron chi connectivity index (χ0n) is 12.1. The van der Waals surface area contributed by atoms with E-state index in [1.54, 1.807) is 0 Å². The lowest BCUT2D eigenvalue weighted by Crippen LogP contribution is -2.35. The van der Waals surface area contributed by atoms with Crippen LogP contribution in [0.15, 0.2) is 24.3 Å². The number of hydrogen-bond donors (Lipinski definition) is 1. The van der Waals surface area contributed by atoms with Crippen molar-refractivity contribution in [2.24, 2.45) is 0 Å². The molecule has 118 valence electrons. The molecule has 0 aromatic heterocycles. The minimum atomic E-state index is -0.494. The number of hydrogen-bond acceptors (Lipinski definition) is 5. The van der Waals surface area contributed by atoms with E-state index < -0.39 is 10.7 Å². The molecule has 1 aromatic carbocycles. The number of carbonyl (C=O) groups is 1. The van der Waals surface area contributed by atoms with Crippen molar-refractivity contribution in [1.82, 2.24) is 5.32 Å². The molecule has 0 bridgehead atoms. The molecule has 0 radical (unpaired) electrons. The Morgan fingerprint density at radius 1 is 1.32 bits per heavy atom. The second-order valence-electron chi connectivity index (χ2n) is 5.68. The van der Waals surface area contributed by atoms with Crippen LogP contribution in [-0.2, 0) is 9.47 Å². The van der Waals surface area contributed by atoms with Crippen molar-refractivity contribution in [2.75, 3.05) is 13.2 Å². The largest absolute Gasteiger partial charge is 0.349 e. The van der Waals surface area contributed by atoms with Gasteiger partial charge in [0.05, 0.1) is 11.5 Å². The van der Waals surface area contributed by atoms with Crippen LogP contribution in [0, 0.1) is 10.1 Å². The van der Waals surface area contributed by atoms with E-state index in [-0.39, 0.29) is 17.7 Å². The van der Waals surface area contributed by atoms with Gasteiger partial charge in [-0.2, -0.15) is 0 Å². The molecule has 7 nitrogen and oxygen atoms in total. The maximum absolute atomic E-state index is 12.0. The van der Waals surface area contributed by atoms with E-state index in [0.717, 1.165) is 25.7 Å². The summed E-state index contributed by atoms with van der Waals surface area (Å²) in [7, 11) is 0. The Bertz CT molecular complexity index is 566. The summed E-state index contributed by atoms with van der Waals surface area (Å²) >= 11 is 0. The van der Waals surface area contributed by atoms with Gasteiger partial charge in [0.2, 0.25) is 0 Å². The smallest absolute Gasteiger partial charge is 0.269 e. The van der Waals surface area contributed by atoms with Crippen LogP contribution >= 0.6 is 0 Å². The molecule has 1 N–H and O–H groups in total. The van der Waals surface area contributed by atoms with Gasteiger partial charge in [0.25, 0.3) is 11.6 Å². The van der Waals surface area contributed by atoms with Crippen molar-refractivity contribution in [2.45, 2.75) is 37.6 Å². The molecule has 3 rings (SSSR count). The standard InChI is InChI=1S/C15H18N2O5/c18-14(11-3-5-12(6-4-11)17(19)20)16-9-13-10-21-15(22-13)7-1-2-8-15/h3-6,13H,1-2,7-10H2,(H,16,18)/t13-/m0/s1. The van der Waals surface area contributed by atoms with Gasteiger partial charge in [0, 0.05) is 37.1 Å². The summed E-state index contributed by atoms with van der Waals surface area (Å²) in [6.45, 7) is 0.859. The third kappa shape index (κ3) is 3.10. The summed E-state index contributed by atoms with van der Waals surface area (Å²) in [4.78, 5) is 22.1. The number of nitro groups is 1. The Labute approximate surface area is 127 Å². The molecular weight excluding hydrogens is 288 g/mol. The number of non-ortho nitro benzene ring substituents is 1. The number of benzene rings is 1. The average molecular weight is 306 g/mol. The fourth-order valence-electron chi connectivity index (χ4n) is 2.94. The lowest BCUT2D eigenvalue weighted by molar-refractivity contribution is -0.384. The molecule has 1 spiro atoms. The second kappa shape index (κ2) is 6.02. The van der Waals surface area contributed by atoms with E-state index >= 15 is 0 Å².